The fourth-order valence-corrected chi connectivity index (χ4v) is 2.71. The molecule has 0 aromatic carbocycles. The van der Waals surface area contributed by atoms with Crippen molar-refractivity contribution in [2.45, 2.75) is 13.0 Å². The van der Waals surface area contributed by atoms with Crippen LogP contribution in [0.1, 0.15) is 28.4 Å². The number of carbonyl (C=O) groups is 1. The van der Waals surface area contributed by atoms with E-state index in [1.54, 1.807) is 12.1 Å². The molecule has 6 heteroatoms. The normalized spacial score (nSPS) is 12.4. The van der Waals surface area contributed by atoms with Gasteiger partial charge in [-0.2, -0.15) is 0 Å². The van der Waals surface area contributed by atoms with Gasteiger partial charge in [-0.25, -0.2) is 0 Å². The lowest BCUT2D eigenvalue weighted by Crippen LogP contribution is -2.25. The maximum absolute atomic E-state index is 11.8. The van der Waals surface area contributed by atoms with Crippen LogP contribution >= 0.6 is 38.9 Å². The quantitative estimate of drug-likeness (QED) is 0.912. The number of thiophene rings is 1. The Morgan fingerprint density at radius 2 is 2.24 bits per heavy atom. The number of hydrogen-bond acceptors (Lipinski definition) is 3. The van der Waals surface area contributed by atoms with Gasteiger partial charge in [0.25, 0.3) is 5.91 Å². The van der Waals surface area contributed by atoms with Gasteiger partial charge in [0, 0.05) is 4.88 Å². The van der Waals surface area contributed by atoms with Crippen LogP contribution in [0.25, 0.3) is 0 Å². The van der Waals surface area contributed by atoms with E-state index < -0.39 is 0 Å². The van der Waals surface area contributed by atoms with Gasteiger partial charge < -0.3 is 9.73 Å². The summed E-state index contributed by atoms with van der Waals surface area (Å²) in [7, 11) is 0. The van der Waals surface area contributed by atoms with Crippen molar-refractivity contribution in [3.05, 3.63) is 43.9 Å². The van der Waals surface area contributed by atoms with Crippen molar-refractivity contribution in [3.8, 4) is 0 Å². The summed E-state index contributed by atoms with van der Waals surface area (Å²) in [6, 6.07) is 6.92. The summed E-state index contributed by atoms with van der Waals surface area (Å²) in [4.78, 5) is 12.8. The van der Waals surface area contributed by atoms with Crippen LogP contribution in [-0.2, 0) is 0 Å². The van der Waals surface area contributed by atoms with E-state index in [2.05, 4.69) is 21.2 Å². The fourth-order valence-electron chi connectivity index (χ4n) is 1.34. The second-order valence-electron chi connectivity index (χ2n) is 3.44. The lowest BCUT2D eigenvalue weighted by Gasteiger charge is -2.10. The second-order valence-corrected chi connectivity index (χ2v) is 5.97. The summed E-state index contributed by atoms with van der Waals surface area (Å²) in [5.41, 5.74) is 0. The Labute approximate surface area is 116 Å². The molecule has 0 aliphatic rings. The van der Waals surface area contributed by atoms with Crippen molar-refractivity contribution in [3.63, 3.8) is 0 Å². The molecule has 0 bridgehead atoms. The molecule has 17 heavy (non-hydrogen) atoms. The van der Waals surface area contributed by atoms with Crippen LogP contribution in [0.15, 0.2) is 33.4 Å². The van der Waals surface area contributed by atoms with E-state index in [1.165, 1.54) is 11.3 Å². The number of nitrogens with one attached hydrogen (secondary N) is 1. The highest BCUT2D eigenvalue weighted by Gasteiger charge is 2.15. The molecule has 2 rings (SSSR count). The molecule has 1 N–H and O–H groups in total. The second kappa shape index (κ2) is 5.25. The van der Waals surface area contributed by atoms with Crippen LogP contribution in [0.3, 0.4) is 0 Å². The van der Waals surface area contributed by atoms with E-state index in [1.807, 2.05) is 19.1 Å². The zero-order chi connectivity index (χ0) is 12.4. The van der Waals surface area contributed by atoms with Gasteiger partial charge in [0.15, 0.2) is 10.4 Å². The van der Waals surface area contributed by atoms with Gasteiger partial charge in [-0.15, -0.1) is 11.3 Å². The van der Waals surface area contributed by atoms with E-state index in [9.17, 15) is 4.79 Å². The lowest BCUT2D eigenvalue weighted by atomic mass is 10.2. The van der Waals surface area contributed by atoms with Crippen molar-refractivity contribution in [1.82, 2.24) is 5.32 Å². The number of furan rings is 1. The summed E-state index contributed by atoms with van der Waals surface area (Å²) >= 11 is 10.4. The summed E-state index contributed by atoms with van der Waals surface area (Å²) in [6.07, 6.45) is 0. The molecular formula is C11H9BrClNO2S. The molecule has 2 aromatic heterocycles. The van der Waals surface area contributed by atoms with Crippen molar-refractivity contribution < 1.29 is 9.21 Å². The molecule has 0 fully saturated rings. The maximum Gasteiger partial charge on any atom is 0.287 e. The average molecular weight is 335 g/mol. The van der Waals surface area contributed by atoms with Crippen LogP contribution in [0.5, 0.6) is 0 Å². The number of halogens is 2. The predicted octanol–water partition coefficient (Wildman–Crippen LogP) is 4.25. The molecule has 2 heterocycles. The first-order valence-electron chi connectivity index (χ1n) is 4.87. The van der Waals surface area contributed by atoms with Crippen molar-refractivity contribution >= 4 is 44.8 Å². The number of rotatable bonds is 3. The Morgan fingerprint density at radius 1 is 1.47 bits per heavy atom. The minimum atomic E-state index is -0.243. The molecule has 0 saturated heterocycles. The van der Waals surface area contributed by atoms with Crippen molar-refractivity contribution in [2.24, 2.45) is 0 Å². The van der Waals surface area contributed by atoms with Crippen LogP contribution < -0.4 is 5.32 Å². The van der Waals surface area contributed by atoms with E-state index in [4.69, 9.17) is 16.0 Å². The zero-order valence-corrected chi connectivity index (χ0v) is 12.0. The van der Waals surface area contributed by atoms with Gasteiger partial charge in [-0.1, -0.05) is 11.6 Å². The fraction of sp³-hybridized carbons (Fsp3) is 0.182. The summed E-state index contributed by atoms with van der Waals surface area (Å²) in [5.74, 6) is 0.0408. The first kappa shape index (κ1) is 12.7. The first-order chi connectivity index (χ1) is 8.06. The van der Waals surface area contributed by atoms with Crippen LogP contribution in [0.2, 0.25) is 4.34 Å². The third-order valence-electron chi connectivity index (χ3n) is 2.17. The Balaban J connectivity index is 2.04. The predicted molar refractivity (Wildman–Crippen MR) is 71.6 cm³/mol. The van der Waals surface area contributed by atoms with Crippen molar-refractivity contribution in [1.29, 1.82) is 0 Å². The molecule has 1 atom stereocenters. The molecule has 0 spiro atoms. The van der Waals surface area contributed by atoms with Gasteiger partial charge in [-0.3, -0.25) is 4.79 Å². The molecule has 0 saturated carbocycles. The molecule has 0 radical (unpaired) electrons. The standard InChI is InChI=1S/C11H9BrClNO2S/c1-6(8-3-5-10(13)17-8)14-11(15)7-2-4-9(12)16-7/h2-6H,1H3,(H,14,15)/t6-/m1/s1. The highest BCUT2D eigenvalue weighted by atomic mass is 79.9. The van der Waals surface area contributed by atoms with Gasteiger partial charge in [0.1, 0.15) is 0 Å². The van der Waals surface area contributed by atoms with E-state index in [-0.39, 0.29) is 17.7 Å². The monoisotopic (exact) mass is 333 g/mol. The average Bonchev–Trinajstić information content (AvgIpc) is 2.87. The number of carbonyl (C=O) groups excluding carboxylic acids is 1. The highest BCUT2D eigenvalue weighted by molar-refractivity contribution is 9.10. The summed E-state index contributed by atoms with van der Waals surface area (Å²) < 4.78 is 6.42. The smallest absolute Gasteiger partial charge is 0.287 e. The molecular weight excluding hydrogens is 326 g/mol. The van der Waals surface area contributed by atoms with Gasteiger partial charge in [0.2, 0.25) is 0 Å². The summed E-state index contributed by atoms with van der Waals surface area (Å²) in [5, 5.41) is 2.84. The maximum atomic E-state index is 11.8. The molecule has 0 aliphatic carbocycles. The Morgan fingerprint density at radius 3 is 2.76 bits per heavy atom. The largest absolute Gasteiger partial charge is 0.444 e. The SMILES string of the molecule is C[C@@H](NC(=O)c1ccc(Br)o1)c1ccc(Cl)s1. The first-order valence-corrected chi connectivity index (χ1v) is 6.86. The molecule has 0 aliphatic heterocycles. The molecule has 1 amide bonds. The minimum Gasteiger partial charge on any atom is -0.444 e. The zero-order valence-electron chi connectivity index (χ0n) is 8.87. The van der Waals surface area contributed by atoms with Gasteiger partial charge in [-0.05, 0) is 47.1 Å². The van der Waals surface area contributed by atoms with Crippen LogP contribution in [0.4, 0.5) is 0 Å². The molecule has 90 valence electrons. The van der Waals surface area contributed by atoms with E-state index in [0.29, 0.717) is 9.01 Å². The molecule has 0 unspecified atom stereocenters. The third kappa shape index (κ3) is 3.12. The Kier molecular flexibility index (Phi) is 3.91. The van der Waals surface area contributed by atoms with Crippen LogP contribution in [-0.4, -0.2) is 5.91 Å². The lowest BCUT2D eigenvalue weighted by molar-refractivity contribution is 0.0911. The number of amides is 1. The topological polar surface area (TPSA) is 42.2 Å². The molecule has 3 nitrogen and oxygen atoms in total. The Bertz CT molecular complexity index is 537. The summed E-state index contributed by atoms with van der Waals surface area (Å²) in [6.45, 7) is 1.90. The third-order valence-corrected chi connectivity index (χ3v) is 4.01. The van der Waals surface area contributed by atoms with Gasteiger partial charge in [0.05, 0.1) is 10.4 Å². The van der Waals surface area contributed by atoms with Crippen molar-refractivity contribution in [2.75, 3.05) is 0 Å². The van der Waals surface area contributed by atoms with E-state index in [0.717, 1.165) is 4.88 Å². The minimum absolute atomic E-state index is 0.0936. The van der Waals surface area contributed by atoms with Crippen LogP contribution in [0, 0.1) is 0 Å². The number of hydrogen-bond donors (Lipinski definition) is 1. The Hall–Kier alpha value is -0.780. The van der Waals surface area contributed by atoms with Gasteiger partial charge >= 0.3 is 0 Å². The highest BCUT2D eigenvalue weighted by Crippen LogP contribution is 2.27. The van der Waals surface area contributed by atoms with E-state index >= 15 is 0 Å². The molecule has 2 aromatic rings.